The Labute approximate surface area is 114 Å². The van der Waals surface area contributed by atoms with Crippen LogP contribution in [-0.4, -0.2) is 54.9 Å². The second-order valence-corrected chi connectivity index (χ2v) is 5.41. The molecule has 1 aliphatic heterocycles. The molecule has 0 bridgehead atoms. The van der Waals surface area contributed by atoms with Gasteiger partial charge in [-0.05, 0) is 31.7 Å². The summed E-state index contributed by atoms with van der Waals surface area (Å²) >= 11 is 0. The largest absolute Gasteiger partial charge is 0.301 e. The number of rotatable bonds is 4. The van der Waals surface area contributed by atoms with Gasteiger partial charge < -0.3 is 4.90 Å². The first-order chi connectivity index (χ1) is 9.04. The highest BCUT2D eigenvalue weighted by molar-refractivity contribution is 5.82. The van der Waals surface area contributed by atoms with Crippen molar-refractivity contribution in [3.63, 3.8) is 0 Å². The van der Waals surface area contributed by atoms with Crippen molar-refractivity contribution < 1.29 is 9.18 Å². The lowest BCUT2D eigenvalue weighted by atomic mass is 10.1. The standard InChI is InChI=1S/C15H21FN2O/c1-12-10-18(8-7-17(12)2)11-15(19)9-13-3-5-14(16)6-4-13/h3-6,12H,7-11H2,1-2H3. The van der Waals surface area contributed by atoms with E-state index in [0.717, 1.165) is 25.2 Å². The number of likely N-dealkylation sites (N-methyl/N-ethyl adjacent to an activating group) is 1. The number of carbonyl (C=O) groups excluding carboxylic acids is 1. The van der Waals surface area contributed by atoms with Crippen molar-refractivity contribution in [3.05, 3.63) is 35.6 Å². The smallest absolute Gasteiger partial charge is 0.151 e. The molecule has 1 fully saturated rings. The molecule has 0 spiro atoms. The van der Waals surface area contributed by atoms with Gasteiger partial charge in [-0.25, -0.2) is 4.39 Å². The molecule has 1 atom stereocenters. The van der Waals surface area contributed by atoms with Crippen LogP contribution in [0.15, 0.2) is 24.3 Å². The second-order valence-electron chi connectivity index (χ2n) is 5.41. The van der Waals surface area contributed by atoms with E-state index in [0.29, 0.717) is 19.0 Å². The monoisotopic (exact) mass is 264 g/mol. The van der Waals surface area contributed by atoms with Gasteiger partial charge in [0.15, 0.2) is 5.78 Å². The minimum atomic E-state index is -0.260. The van der Waals surface area contributed by atoms with Gasteiger partial charge in [-0.3, -0.25) is 9.69 Å². The zero-order chi connectivity index (χ0) is 13.8. The van der Waals surface area contributed by atoms with Gasteiger partial charge in [0, 0.05) is 32.1 Å². The maximum absolute atomic E-state index is 12.8. The number of hydrogen-bond donors (Lipinski definition) is 0. The Kier molecular flexibility index (Phi) is 4.66. The normalized spacial score (nSPS) is 21.5. The minimum Gasteiger partial charge on any atom is -0.301 e. The third-order valence-corrected chi connectivity index (χ3v) is 3.76. The molecule has 0 radical (unpaired) electrons. The molecule has 0 N–H and O–H groups in total. The van der Waals surface area contributed by atoms with E-state index >= 15 is 0 Å². The van der Waals surface area contributed by atoms with Gasteiger partial charge in [0.2, 0.25) is 0 Å². The molecule has 4 heteroatoms. The van der Waals surface area contributed by atoms with Crippen LogP contribution in [0.5, 0.6) is 0 Å². The summed E-state index contributed by atoms with van der Waals surface area (Å²) in [5, 5.41) is 0. The Balaban J connectivity index is 1.83. The summed E-state index contributed by atoms with van der Waals surface area (Å²) in [5.74, 6) is -0.0625. The minimum absolute atomic E-state index is 0.198. The summed E-state index contributed by atoms with van der Waals surface area (Å²) < 4.78 is 12.8. The Hall–Kier alpha value is -1.26. The summed E-state index contributed by atoms with van der Waals surface area (Å²) in [6.45, 7) is 5.55. The highest BCUT2D eigenvalue weighted by Crippen LogP contribution is 2.08. The van der Waals surface area contributed by atoms with Crippen LogP contribution in [0.2, 0.25) is 0 Å². The van der Waals surface area contributed by atoms with Crippen LogP contribution < -0.4 is 0 Å². The van der Waals surface area contributed by atoms with Gasteiger partial charge in [0.25, 0.3) is 0 Å². The van der Waals surface area contributed by atoms with Crippen LogP contribution in [0.1, 0.15) is 12.5 Å². The number of ketones is 1. The van der Waals surface area contributed by atoms with Crippen LogP contribution in [0.4, 0.5) is 4.39 Å². The lowest BCUT2D eigenvalue weighted by molar-refractivity contribution is -0.120. The Morgan fingerprint density at radius 1 is 1.32 bits per heavy atom. The van der Waals surface area contributed by atoms with Gasteiger partial charge in [-0.15, -0.1) is 0 Å². The molecule has 1 unspecified atom stereocenters. The molecule has 104 valence electrons. The highest BCUT2D eigenvalue weighted by atomic mass is 19.1. The van der Waals surface area contributed by atoms with Crippen LogP contribution in [-0.2, 0) is 11.2 Å². The van der Waals surface area contributed by atoms with Gasteiger partial charge in [0.1, 0.15) is 5.82 Å². The van der Waals surface area contributed by atoms with Crippen LogP contribution in [0, 0.1) is 5.82 Å². The predicted molar refractivity (Wildman–Crippen MR) is 73.6 cm³/mol. The van der Waals surface area contributed by atoms with Crippen molar-refractivity contribution in [3.8, 4) is 0 Å². The van der Waals surface area contributed by atoms with Crippen molar-refractivity contribution in [2.24, 2.45) is 0 Å². The lowest BCUT2D eigenvalue weighted by Crippen LogP contribution is -2.51. The number of halogens is 1. The molecule has 0 aromatic heterocycles. The van der Waals surface area contributed by atoms with E-state index in [4.69, 9.17) is 0 Å². The summed E-state index contributed by atoms with van der Waals surface area (Å²) in [6.07, 6.45) is 0.390. The van der Waals surface area contributed by atoms with Crippen molar-refractivity contribution in [2.75, 3.05) is 33.2 Å². The Morgan fingerprint density at radius 2 is 2.00 bits per heavy atom. The molecular weight excluding hydrogens is 243 g/mol. The van der Waals surface area contributed by atoms with E-state index < -0.39 is 0 Å². The van der Waals surface area contributed by atoms with Gasteiger partial charge in [0.05, 0.1) is 6.54 Å². The maximum Gasteiger partial charge on any atom is 0.151 e. The van der Waals surface area contributed by atoms with Crippen molar-refractivity contribution in [1.82, 2.24) is 9.80 Å². The maximum atomic E-state index is 12.8. The summed E-state index contributed by atoms with van der Waals surface area (Å²) in [6, 6.07) is 6.66. The summed E-state index contributed by atoms with van der Waals surface area (Å²) in [5.41, 5.74) is 0.883. The van der Waals surface area contributed by atoms with E-state index in [2.05, 4.69) is 23.8 Å². The summed E-state index contributed by atoms with van der Waals surface area (Å²) in [7, 11) is 2.11. The zero-order valence-corrected chi connectivity index (χ0v) is 11.6. The average Bonchev–Trinajstić information content (AvgIpc) is 2.37. The molecule has 1 aliphatic rings. The fraction of sp³-hybridized carbons (Fsp3) is 0.533. The molecule has 3 nitrogen and oxygen atoms in total. The van der Waals surface area contributed by atoms with E-state index in [9.17, 15) is 9.18 Å². The number of hydrogen-bond acceptors (Lipinski definition) is 3. The Morgan fingerprint density at radius 3 is 2.63 bits per heavy atom. The first-order valence-electron chi connectivity index (χ1n) is 6.73. The molecule has 19 heavy (non-hydrogen) atoms. The molecule has 2 rings (SSSR count). The molecule has 1 heterocycles. The predicted octanol–water partition coefficient (Wildman–Crippen LogP) is 1.57. The number of Topliss-reactive ketones (excluding diaryl/α,β-unsaturated/α-hetero) is 1. The number of piperazine rings is 1. The van der Waals surface area contributed by atoms with E-state index in [-0.39, 0.29) is 11.6 Å². The van der Waals surface area contributed by atoms with Gasteiger partial charge in [-0.2, -0.15) is 0 Å². The lowest BCUT2D eigenvalue weighted by Gasteiger charge is -2.37. The molecule has 0 amide bonds. The third kappa shape index (κ3) is 4.11. The molecular formula is C15H21FN2O. The zero-order valence-electron chi connectivity index (χ0n) is 11.6. The van der Waals surface area contributed by atoms with Crippen LogP contribution in [0.3, 0.4) is 0 Å². The van der Waals surface area contributed by atoms with E-state index in [1.54, 1.807) is 12.1 Å². The molecule has 1 saturated heterocycles. The first-order valence-corrected chi connectivity index (χ1v) is 6.73. The average molecular weight is 264 g/mol. The van der Waals surface area contributed by atoms with E-state index in [1.165, 1.54) is 12.1 Å². The topological polar surface area (TPSA) is 23.6 Å². The first kappa shape index (κ1) is 14.2. The molecule has 0 saturated carbocycles. The fourth-order valence-corrected chi connectivity index (χ4v) is 2.40. The molecule has 1 aromatic carbocycles. The van der Waals surface area contributed by atoms with Gasteiger partial charge >= 0.3 is 0 Å². The fourth-order valence-electron chi connectivity index (χ4n) is 2.40. The third-order valence-electron chi connectivity index (χ3n) is 3.76. The number of benzene rings is 1. The van der Waals surface area contributed by atoms with Crippen molar-refractivity contribution in [1.29, 1.82) is 0 Å². The molecule has 0 aliphatic carbocycles. The SMILES string of the molecule is CC1CN(CC(=O)Cc2ccc(F)cc2)CCN1C. The molecule has 1 aromatic rings. The van der Waals surface area contributed by atoms with Gasteiger partial charge in [-0.1, -0.05) is 12.1 Å². The van der Waals surface area contributed by atoms with Crippen molar-refractivity contribution >= 4 is 5.78 Å². The second kappa shape index (κ2) is 6.26. The number of nitrogens with zero attached hydrogens (tertiary/aromatic N) is 2. The van der Waals surface area contributed by atoms with Crippen LogP contribution in [0.25, 0.3) is 0 Å². The Bertz CT molecular complexity index is 432. The highest BCUT2D eigenvalue weighted by Gasteiger charge is 2.21. The van der Waals surface area contributed by atoms with E-state index in [1.807, 2.05) is 0 Å². The van der Waals surface area contributed by atoms with Crippen LogP contribution >= 0.6 is 0 Å². The number of carbonyl (C=O) groups is 1. The summed E-state index contributed by atoms with van der Waals surface area (Å²) in [4.78, 5) is 16.5. The quantitative estimate of drug-likeness (QED) is 0.825. The van der Waals surface area contributed by atoms with Crippen molar-refractivity contribution in [2.45, 2.75) is 19.4 Å².